The third kappa shape index (κ3) is 4.22. The Kier molecular flexibility index (Phi) is 5.24. The van der Waals surface area contributed by atoms with Crippen LogP contribution in [0, 0.1) is 0 Å². The van der Waals surface area contributed by atoms with Crippen molar-refractivity contribution in [3.8, 4) is 0 Å². The van der Waals surface area contributed by atoms with Crippen LogP contribution in [0.5, 0.6) is 0 Å². The molecule has 6 nitrogen and oxygen atoms in total. The van der Waals surface area contributed by atoms with Crippen LogP contribution in [0.2, 0.25) is 0 Å². The molecule has 0 fully saturated rings. The molecule has 1 heterocycles. The minimum Gasteiger partial charge on any atom is -0.465 e. The minimum absolute atomic E-state index is 0.269. The molecule has 0 spiro atoms. The van der Waals surface area contributed by atoms with Crippen LogP contribution in [0.1, 0.15) is 10.4 Å². The predicted octanol–water partition coefficient (Wildman–Crippen LogP) is 4.08. The van der Waals surface area contributed by atoms with Gasteiger partial charge in [0, 0.05) is 17.1 Å². The van der Waals surface area contributed by atoms with E-state index in [9.17, 15) is 13.2 Å². The third-order valence-corrected chi connectivity index (χ3v) is 6.27. The van der Waals surface area contributed by atoms with Crippen molar-refractivity contribution in [3.05, 3.63) is 71.6 Å². The summed E-state index contributed by atoms with van der Waals surface area (Å²) in [5.41, 5.74) is 2.53. The van der Waals surface area contributed by atoms with Gasteiger partial charge in [0.1, 0.15) is 4.21 Å². The second kappa shape index (κ2) is 7.59. The molecule has 8 heteroatoms. The summed E-state index contributed by atoms with van der Waals surface area (Å²) in [5, 5.41) is 4.89. The fourth-order valence-corrected chi connectivity index (χ4v) is 4.27. The smallest absolute Gasteiger partial charge is 0.337 e. The normalized spacial score (nSPS) is 11.0. The lowest BCUT2D eigenvalue weighted by Gasteiger charge is -2.09. The highest BCUT2D eigenvalue weighted by Crippen LogP contribution is 2.23. The highest BCUT2D eigenvalue weighted by atomic mass is 32.2. The van der Waals surface area contributed by atoms with E-state index in [-0.39, 0.29) is 10.2 Å². The van der Waals surface area contributed by atoms with E-state index in [2.05, 4.69) is 14.8 Å². The number of esters is 1. The molecule has 0 aliphatic carbocycles. The van der Waals surface area contributed by atoms with Gasteiger partial charge in [0.25, 0.3) is 10.0 Å². The molecule has 2 N–H and O–H groups in total. The quantitative estimate of drug-likeness (QED) is 0.622. The molecular formula is C18H16N2O4S2. The first-order chi connectivity index (χ1) is 12.5. The number of hydrogen-bond donors (Lipinski definition) is 2. The van der Waals surface area contributed by atoms with E-state index in [1.807, 2.05) is 0 Å². The Hall–Kier alpha value is -2.84. The Labute approximate surface area is 155 Å². The second-order valence-electron chi connectivity index (χ2n) is 5.31. The number of sulfonamides is 1. The number of nitrogens with one attached hydrogen (secondary N) is 2. The maximum atomic E-state index is 12.2. The summed E-state index contributed by atoms with van der Waals surface area (Å²) < 4.78 is 31.9. The monoisotopic (exact) mass is 388 g/mol. The van der Waals surface area contributed by atoms with Gasteiger partial charge in [-0.05, 0) is 60.0 Å². The second-order valence-corrected chi connectivity index (χ2v) is 8.17. The van der Waals surface area contributed by atoms with Crippen molar-refractivity contribution < 1.29 is 17.9 Å². The topological polar surface area (TPSA) is 84.5 Å². The Morgan fingerprint density at radius 3 is 2.04 bits per heavy atom. The molecule has 0 aliphatic heterocycles. The molecule has 0 saturated carbocycles. The lowest BCUT2D eigenvalue weighted by molar-refractivity contribution is 0.0601. The number of ether oxygens (including phenoxy) is 1. The zero-order chi connectivity index (χ0) is 18.6. The van der Waals surface area contributed by atoms with Gasteiger partial charge in [-0.25, -0.2) is 13.2 Å². The zero-order valence-corrected chi connectivity index (χ0v) is 15.4. The van der Waals surface area contributed by atoms with Crippen LogP contribution in [-0.4, -0.2) is 21.5 Å². The molecule has 0 atom stereocenters. The summed E-state index contributed by atoms with van der Waals surface area (Å²) in [6.45, 7) is 0. The number of carbonyl (C=O) groups excluding carboxylic acids is 1. The molecule has 3 aromatic rings. The van der Waals surface area contributed by atoms with Crippen molar-refractivity contribution in [3.63, 3.8) is 0 Å². The van der Waals surface area contributed by atoms with Gasteiger partial charge in [0.05, 0.1) is 12.7 Å². The van der Waals surface area contributed by atoms with Crippen molar-refractivity contribution in [1.82, 2.24) is 0 Å². The van der Waals surface area contributed by atoms with Crippen LogP contribution in [-0.2, 0) is 14.8 Å². The first-order valence-corrected chi connectivity index (χ1v) is 9.96. The SMILES string of the molecule is COC(=O)c1ccc(Nc2ccc(NS(=O)(=O)c3cccs3)cc2)cc1. The van der Waals surface area contributed by atoms with Crippen LogP contribution >= 0.6 is 11.3 Å². The van der Waals surface area contributed by atoms with Gasteiger partial charge in [0.2, 0.25) is 0 Å². The van der Waals surface area contributed by atoms with Gasteiger partial charge in [0.15, 0.2) is 0 Å². The molecule has 26 heavy (non-hydrogen) atoms. The average Bonchev–Trinajstić information content (AvgIpc) is 3.19. The maximum Gasteiger partial charge on any atom is 0.337 e. The van der Waals surface area contributed by atoms with E-state index in [1.165, 1.54) is 7.11 Å². The molecule has 2 aromatic carbocycles. The average molecular weight is 388 g/mol. The lowest BCUT2D eigenvalue weighted by Crippen LogP contribution is -2.11. The van der Waals surface area contributed by atoms with Crippen molar-refractivity contribution in [2.75, 3.05) is 17.1 Å². The Morgan fingerprint density at radius 1 is 0.923 bits per heavy atom. The fourth-order valence-electron chi connectivity index (χ4n) is 2.22. The highest BCUT2D eigenvalue weighted by molar-refractivity contribution is 7.94. The van der Waals surface area contributed by atoms with Crippen molar-refractivity contribution >= 4 is 44.4 Å². The Morgan fingerprint density at radius 2 is 1.50 bits per heavy atom. The van der Waals surface area contributed by atoms with Gasteiger partial charge in [-0.15, -0.1) is 11.3 Å². The summed E-state index contributed by atoms with van der Waals surface area (Å²) >= 11 is 1.16. The van der Waals surface area contributed by atoms with Crippen molar-refractivity contribution in [2.45, 2.75) is 4.21 Å². The number of hydrogen-bond acceptors (Lipinski definition) is 6. The van der Waals surface area contributed by atoms with Crippen molar-refractivity contribution in [2.24, 2.45) is 0 Å². The Balaban J connectivity index is 1.67. The number of benzene rings is 2. The molecule has 0 amide bonds. The molecule has 0 saturated heterocycles. The van der Waals surface area contributed by atoms with E-state index >= 15 is 0 Å². The van der Waals surface area contributed by atoms with Crippen LogP contribution in [0.4, 0.5) is 17.1 Å². The molecular weight excluding hydrogens is 372 g/mol. The maximum absolute atomic E-state index is 12.2. The molecule has 0 aliphatic rings. The Bertz CT molecular complexity index is 981. The summed E-state index contributed by atoms with van der Waals surface area (Å²) in [7, 11) is -2.22. The van der Waals surface area contributed by atoms with E-state index in [1.54, 1.807) is 66.0 Å². The van der Waals surface area contributed by atoms with E-state index in [0.717, 1.165) is 22.7 Å². The summed E-state index contributed by atoms with van der Waals surface area (Å²) in [5.74, 6) is -0.390. The van der Waals surface area contributed by atoms with E-state index in [4.69, 9.17) is 0 Å². The van der Waals surface area contributed by atoms with Gasteiger partial charge in [-0.2, -0.15) is 0 Å². The van der Waals surface area contributed by atoms with Crippen LogP contribution < -0.4 is 10.0 Å². The number of thiophene rings is 1. The lowest BCUT2D eigenvalue weighted by atomic mass is 10.2. The van der Waals surface area contributed by atoms with Gasteiger partial charge in [-0.1, -0.05) is 6.07 Å². The first-order valence-electron chi connectivity index (χ1n) is 7.60. The predicted molar refractivity (Wildman–Crippen MR) is 103 cm³/mol. The summed E-state index contributed by atoms with van der Waals surface area (Å²) in [4.78, 5) is 11.4. The number of anilines is 3. The molecule has 0 unspecified atom stereocenters. The van der Waals surface area contributed by atoms with E-state index in [0.29, 0.717) is 11.3 Å². The number of methoxy groups -OCH3 is 1. The van der Waals surface area contributed by atoms with Gasteiger partial charge in [-0.3, -0.25) is 4.72 Å². The standard InChI is InChI=1S/C18H16N2O4S2/c1-24-18(21)13-4-6-14(7-5-13)19-15-8-10-16(11-9-15)20-26(22,23)17-3-2-12-25-17/h2-12,19-20H,1H3. The summed E-state index contributed by atoms with van der Waals surface area (Å²) in [6, 6.07) is 17.0. The van der Waals surface area contributed by atoms with Gasteiger partial charge < -0.3 is 10.1 Å². The van der Waals surface area contributed by atoms with E-state index < -0.39 is 10.0 Å². The van der Waals surface area contributed by atoms with Crippen molar-refractivity contribution in [1.29, 1.82) is 0 Å². The zero-order valence-electron chi connectivity index (χ0n) is 13.8. The molecule has 0 radical (unpaired) electrons. The third-order valence-electron chi connectivity index (χ3n) is 3.49. The molecule has 3 rings (SSSR count). The molecule has 1 aromatic heterocycles. The van der Waals surface area contributed by atoms with Crippen LogP contribution in [0.15, 0.2) is 70.3 Å². The fraction of sp³-hybridized carbons (Fsp3) is 0.0556. The summed E-state index contributed by atoms with van der Waals surface area (Å²) in [6.07, 6.45) is 0. The van der Waals surface area contributed by atoms with Gasteiger partial charge >= 0.3 is 5.97 Å². The molecule has 134 valence electrons. The number of rotatable bonds is 6. The minimum atomic E-state index is -3.55. The molecule has 0 bridgehead atoms. The number of carbonyl (C=O) groups is 1. The van der Waals surface area contributed by atoms with Crippen LogP contribution in [0.3, 0.4) is 0 Å². The highest BCUT2D eigenvalue weighted by Gasteiger charge is 2.14. The largest absolute Gasteiger partial charge is 0.465 e. The first kappa shape index (κ1) is 18.0. The van der Waals surface area contributed by atoms with Crippen LogP contribution in [0.25, 0.3) is 0 Å².